The number of carbonyl (C=O) groups is 1. The summed E-state index contributed by atoms with van der Waals surface area (Å²) in [6.45, 7) is 0. The number of benzene rings is 2. The number of nitrogens with zero attached hydrogens (tertiary/aromatic N) is 3. The van der Waals surface area contributed by atoms with Gasteiger partial charge in [-0.2, -0.15) is 0 Å². The van der Waals surface area contributed by atoms with Gasteiger partial charge in [-0.25, -0.2) is 9.97 Å². The maximum Gasteiger partial charge on any atom is 0.249 e. The molecular weight excluding hydrogens is 481 g/mol. The van der Waals surface area contributed by atoms with E-state index in [2.05, 4.69) is 4.98 Å². The van der Waals surface area contributed by atoms with Gasteiger partial charge in [0.15, 0.2) is 5.13 Å². The monoisotopic (exact) mass is 491 g/mol. The molecule has 1 aliphatic heterocycles. The Bertz CT molecular complexity index is 1220. The minimum Gasteiger partial charge on any atom is -0.277 e. The Morgan fingerprint density at radius 3 is 2.17 bits per heavy atom. The lowest BCUT2D eigenvalue weighted by atomic mass is 9.94. The topological polar surface area (TPSA) is 46.1 Å². The molecule has 1 saturated heterocycles. The molecule has 30 heavy (non-hydrogen) atoms. The molecule has 3 heterocycles. The maximum atomic E-state index is 12.5. The summed E-state index contributed by atoms with van der Waals surface area (Å²) in [6, 6.07) is 14.6. The summed E-state index contributed by atoms with van der Waals surface area (Å²) in [5.41, 5.74) is 3.51. The van der Waals surface area contributed by atoms with Crippen LogP contribution in [0.1, 0.15) is 11.6 Å². The number of carbonyl (C=O) groups excluding carboxylic acids is 1. The number of β-lactam (4-membered cyclic amide) rings is 1. The molecule has 0 radical (unpaired) electrons. The van der Waals surface area contributed by atoms with E-state index in [4.69, 9.17) is 39.8 Å². The van der Waals surface area contributed by atoms with E-state index in [9.17, 15) is 4.79 Å². The van der Waals surface area contributed by atoms with Gasteiger partial charge < -0.3 is 0 Å². The van der Waals surface area contributed by atoms with Crippen molar-refractivity contribution in [2.45, 2.75) is 11.4 Å². The van der Waals surface area contributed by atoms with Gasteiger partial charge in [0.25, 0.3) is 0 Å². The normalized spacial score (nSPS) is 18.5. The Kier molecular flexibility index (Phi) is 5.29. The Labute approximate surface area is 195 Å². The van der Waals surface area contributed by atoms with Crippen molar-refractivity contribution >= 4 is 68.5 Å². The lowest BCUT2D eigenvalue weighted by Crippen LogP contribution is -2.56. The van der Waals surface area contributed by atoms with Crippen LogP contribution in [0.3, 0.4) is 0 Å². The van der Waals surface area contributed by atoms with Crippen LogP contribution in [0.2, 0.25) is 10.0 Å². The molecule has 0 saturated carbocycles. The Hall–Kier alpha value is -1.96. The first-order valence-corrected chi connectivity index (χ1v) is 11.9. The van der Waals surface area contributed by atoms with E-state index >= 15 is 0 Å². The van der Waals surface area contributed by atoms with E-state index in [-0.39, 0.29) is 11.9 Å². The zero-order valence-electron chi connectivity index (χ0n) is 15.1. The van der Waals surface area contributed by atoms with E-state index in [1.807, 2.05) is 47.2 Å². The number of halogens is 3. The van der Waals surface area contributed by atoms with Gasteiger partial charge in [-0.15, -0.1) is 34.3 Å². The van der Waals surface area contributed by atoms with Crippen LogP contribution < -0.4 is 4.90 Å². The van der Waals surface area contributed by atoms with Crippen LogP contribution in [0.5, 0.6) is 0 Å². The van der Waals surface area contributed by atoms with Crippen molar-refractivity contribution < 1.29 is 4.79 Å². The predicted molar refractivity (Wildman–Crippen MR) is 125 cm³/mol. The second-order valence-corrected chi connectivity index (χ2v) is 9.70. The molecular formula is C21H12Cl3N3OS2. The predicted octanol–water partition coefficient (Wildman–Crippen LogP) is 6.94. The molecule has 2 unspecified atom stereocenters. The first-order chi connectivity index (χ1) is 14.5. The van der Waals surface area contributed by atoms with Gasteiger partial charge in [-0.3, -0.25) is 9.69 Å². The van der Waals surface area contributed by atoms with Crippen LogP contribution in [0.4, 0.5) is 5.13 Å². The fraction of sp³-hybridized carbons (Fsp3) is 0.0952. The summed E-state index contributed by atoms with van der Waals surface area (Å²) < 4.78 is 0. The number of rotatable bonds is 4. The standard InChI is InChI=1S/C21H12Cl3N3OS2/c22-13-5-1-11(2-6-13)15-9-29-19(25-15)16-10-30-21(26-16)27-18(17(24)20(27)28)12-3-7-14(23)8-4-12/h1-10,17-18H. The molecule has 4 nitrogen and oxygen atoms in total. The van der Waals surface area contributed by atoms with Crippen LogP contribution in [0.15, 0.2) is 59.3 Å². The number of aromatic nitrogens is 2. The molecule has 2 aromatic carbocycles. The van der Waals surface area contributed by atoms with E-state index in [1.54, 1.807) is 17.0 Å². The molecule has 0 spiro atoms. The highest BCUT2D eigenvalue weighted by molar-refractivity contribution is 7.16. The lowest BCUT2D eigenvalue weighted by molar-refractivity contribution is -0.123. The van der Waals surface area contributed by atoms with Gasteiger partial charge in [0, 0.05) is 26.4 Å². The summed E-state index contributed by atoms with van der Waals surface area (Å²) in [5.74, 6) is -0.154. The third-order valence-electron chi connectivity index (χ3n) is 4.80. The van der Waals surface area contributed by atoms with Crippen molar-refractivity contribution in [3.8, 4) is 22.0 Å². The van der Waals surface area contributed by atoms with Crippen molar-refractivity contribution in [3.63, 3.8) is 0 Å². The molecule has 150 valence electrons. The number of hydrogen-bond acceptors (Lipinski definition) is 5. The average molecular weight is 493 g/mol. The number of hydrogen-bond donors (Lipinski definition) is 0. The summed E-state index contributed by atoms with van der Waals surface area (Å²) in [5, 5.41) is 6.00. The highest BCUT2D eigenvalue weighted by Crippen LogP contribution is 2.44. The van der Waals surface area contributed by atoms with Crippen LogP contribution in [0, 0.1) is 0 Å². The second kappa shape index (κ2) is 7.94. The molecule has 1 fully saturated rings. The molecule has 5 rings (SSSR count). The summed E-state index contributed by atoms with van der Waals surface area (Å²) in [4.78, 5) is 23.5. The van der Waals surface area contributed by atoms with Crippen LogP contribution in [0.25, 0.3) is 22.0 Å². The minimum atomic E-state index is -0.616. The Balaban J connectivity index is 1.42. The van der Waals surface area contributed by atoms with E-state index < -0.39 is 5.38 Å². The van der Waals surface area contributed by atoms with Crippen LogP contribution >= 0.6 is 57.5 Å². The molecule has 0 bridgehead atoms. The second-order valence-electron chi connectivity index (χ2n) is 6.67. The summed E-state index contributed by atoms with van der Waals surface area (Å²) in [6.07, 6.45) is 0. The molecule has 0 N–H and O–H groups in total. The highest BCUT2D eigenvalue weighted by Gasteiger charge is 2.49. The first kappa shape index (κ1) is 20.0. The first-order valence-electron chi connectivity index (χ1n) is 8.91. The largest absolute Gasteiger partial charge is 0.277 e. The Morgan fingerprint density at radius 2 is 1.47 bits per heavy atom. The fourth-order valence-electron chi connectivity index (χ4n) is 3.26. The van der Waals surface area contributed by atoms with Gasteiger partial charge in [0.05, 0.1) is 11.7 Å². The third-order valence-corrected chi connectivity index (χ3v) is 7.44. The molecule has 9 heteroatoms. The van der Waals surface area contributed by atoms with Crippen molar-refractivity contribution in [1.29, 1.82) is 0 Å². The summed E-state index contributed by atoms with van der Waals surface area (Å²) in [7, 11) is 0. The average Bonchev–Trinajstić information content (AvgIpc) is 3.42. The van der Waals surface area contributed by atoms with E-state index in [1.165, 1.54) is 22.7 Å². The zero-order valence-corrected chi connectivity index (χ0v) is 19.0. The van der Waals surface area contributed by atoms with Crippen molar-refractivity contribution in [2.24, 2.45) is 0 Å². The quantitative estimate of drug-likeness (QED) is 0.229. The fourth-order valence-corrected chi connectivity index (χ4v) is 5.59. The van der Waals surface area contributed by atoms with Crippen molar-refractivity contribution in [1.82, 2.24) is 9.97 Å². The van der Waals surface area contributed by atoms with Crippen molar-refractivity contribution in [2.75, 3.05) is 4.90 Å². The van der Waals surface area contributed by atoms with E-state index in [0.717, 1.165) is 27.5 Å². The van der Waals surface area contributed by atoms with Crippen molar-refractivity contribution in [3.05, 3.63) is 74.9 Å². The lowest BCUT2D eigenvalue weighted by Gasteiger charge is -2.42. The van der Waals surface area contributed by atoms with Gasteiger partial charge in [-0.05, 0) is 29.8 Å². The zero-order chi connectivity index (χ0) is 20.8. The number of amides is 1. The number of anilines is 1. The third kappa shape index (κ3) is 3.53. The maximum absolute atomic E-state index is 12.5. The molecule has 0 aliphatic carbocycles. The van der Waals surface area contributed by atoms with Gasteiger partial charge in [0.2, 0.25) is 5.91 Å². The molecule has 1 amide bonds. The van der Waals surface area contributed by atoms with Gasteiger partial charge >= 0.3 is 0 Å². The molecule has 2 atom stereocenters. The SMILES string of the molecule is O=C1C(Cl)C(c2ccc(Cl)cc2)N1c1nc(-c2nc(-c3ccc(Cl)cc3)cs2)cs1. The summed E-state index contributed by atoms with van der Waals surface area (Å²) >= 11 is 21.2. The number of thiazole rings is 2. The smallest absolute Gasteiger partial charge is 0.249 e. The van der Waals surface area contributed by atoms with Crippen LogP contribution in [-0.2, 0) is 4.79 Å². The van der Waals surface area contributed by atoms with Gasteiger partial charge in [-0.1, -0.05) is 47.5 Å². The van der Waals surface area contributed by atoms with E-state index in [0.29, 0.717) is 15.2 Å². The van der Waals surface area contributed by atoms with Gasteiger partial charge in [0.1, 0.15) is 16.1 Å². The Morgan fingerprint density at radius 1 is 0.833 bits per heavy atom. The molecule has 2 aromatic heterocycles. The van der Waals surface area contributed by atoms with Crippen LogP contribution in [-0.4, -0.2) is 21.3 Å². The molecule has 4 aromatic rings. The molecule has 1 aliphatic rings. The highest BCUT2D eigenvalue weighted by atomic mass is 35.5. The number of alkyl halides is 1. The minimum absolute atomic E-state index is 0.154.